The molecular formula is C19H22N4O2. The number of H-pyrrole nitrogens is 2. The van der Waals surface area contributed by atoms with Gasteiger partial charge < -0.3 is 15.4 Å². The third-order valence-electron chi connectivity index (χ3n) is 4.97. The number of nitrogens with zero attached hydrogens (tertiary/aromatic N) is 1. The topological polar surface area (TPSA) is 93.8 Å². The number of aromatic amines is 2. The number of aryl methyl sites for hydroxylation is 1. The fourth-order valence-electron chi connectivity index (χ4n) is 3.65. The van der Waals surface area contributed by atoms with Crippen molar-refractivity contribution in [2.24, 2.45) is 0 Å². The first-order chi connectivity index (χ1) is 12.3. The molecule has 0 fully saturated rings. The van der Waals surface area contributed by atoms with Gasteiger partial charge in [0, 0.05) is 28.4 Å². The molecule has 0 unspecified atom stereocenters. The molecule has 1 aromatic carbocycles. The van der Waals surface area contributed by atoms with Gasteiger partial charge in [0.2, 0.25) is 0 Å². The number of aliphatic hydroxyl groups excluding tert-OH is 1. The molecule has 2 heterocycles. The zero-order valence-electron chi connectivity index (χ0n) is 14.0. The fraction of sp³-hybridized carbons (Fsp3) is 0.368. The Bertz CT molecular complexity index is 896. The highest BCUT2D eigenvalue weighted by Crippen LogP contribution is 2.23. The summed E-state index contributed by atoms with van der Waals surface area (Å²) in [7, 11) is 0. The zero-order chi connectivity index (χ0) is 17.2. The number of rotatable bonds is 5. The summed E-state index contributed by atoms with van der Waals surface area (Å²) in [6, 6.07) is 7.68. The van der Waals surface area contributed by atoms with Crippen molar-refractivity contribution < 1.29 is 9.90 Å². The Labute approximate surface area is 145 Å². The van der Waals surface area contributed by atoms with Crippen molar-refractivity contribution in [2.75, 3.05) is 6.61 Å². The lowest BCUT2D eigenvalue weighted by Gasteiger charge is -2.16. The molecule has 0 radical (unpaired) electrons. The van der Waals surface area contributed by atoms with Crippen LogP contribution in [0, 0.1) is 0 Å². The van der Waals surface area contributed by atoms with Crippen LogP contribution in [0.15, 0.2) is 30.5 Å². The van der Waals surface area contributed by atoms with Gasteiger partial charge in [0.05, 0.1) is 12.6 Å². The quantitative estimate of drug-likeness (QED) is 0.574. The molecule has 6 nitrogen and oxygen atoms in total. The molecule has 0 aliphatic heterocycles. The Balaban J connectivity index is 1.50. The van der Waals surface area contributed by atoms with Crippen molar-refractivity contribution >= 4 is 16.8 Å². The van der Waals surface area contributed by atoms with Gasteiger partial charge in [-0.15, -0.1) is 0 Å². The minimum absolute atomic E-state index is 0.113. The number of amides is 1. The number of carbonyl (C=O) groups excluding carboxylic acids is 1. The van der Waals surface area contributed by atoms with E-state index in [1.807, 2.05) is 30.5 Å². The van der Waals surface area contributed by atoms with E-state index in [1.165, 1.54) is 0 Å². The van der Waals surface area contributed by atoms with Gasteiger partial charge in [-0.3, -0.25) is 9.89 Å². The van der Waals surface area contributed by atoms with Crippen molar-refractivity contribution in [1.82, 2.24) is 20.5 Å². The number of aliphatic hydroxyl groups is 1. The smallest absolute Gasteiger partial charge is 0.272 e. The average molecular weight is 338 g/mol. The number of nitrogens with one attached hydrogen (secondary N) is 3. The Kier molecular flexibility index (Phi) is 4.28. The fourth-order valence-corrected chi connectivity index (χ4v) is 3.65. The van der Waals surface area contributed by atoms with Gasteiger partial charge in [0.1, 0.15) is 0 Å². The highest BCUT2D eigenvalue weighted by molar-refractivity contribution is 5.94. The van der Waals surface area contributed by atoms with E-state index in [0.29, 0.717) is 12.1 Å². The molecule has 4 rings (SSSR count). The maximum Gasteiger partial charge on any atom is 0.272 e. The Morgan fingerprint density at radius 2 is 2.12 bits per heavy atom. The molecule has 6 heteroatoms. The molecule has 0 spiro atoms. The summed E-state index contributed by atoms with van der Waals surface area (Å²) < 4.78 is 0. The van der Waals surface area contributed by atoms with E-state index >= 15 is 0 Å². The van der Waals surface area contributed by atoms with Crippen LogP contribution >= 0.6 is 0 Å². The van der Waals surface area contributed by atoms with Crippen LogP contribution in [0.25, 0.3) is 10.9 Å². The number of carbonyl (C=O) groups is 1. The van der Waals surface area contributed by atoms with Crippen LogP contribution in [-0.2, 0) is 19.3 Å². The third-order valence-corrected chi connectivity index (χ3v) is 4.97. The predicted octanol–water partition coefficient (Wildman–Crippen LogP) is 2.10. The van der Waals surface area contributed by atoms with Gasteiger partial charge in [-0.25, -0.2) is 0 Å². The molecule has 0 saturated carbocycles. The second-order valence-electron chi connectivity index (χ2n) is 6.65. The molecule has 1 atom stereocenters. The molecule has 1 aliphatic carbocycles. The van der Waals surface area contributed by atoms with E-state index in [0.717, 1.165) is 53.4 Å². The number of fused-ring (bicyclic) bond motifs is 2. The van der Waals surface area contributed by atoms with Crippen molar-refractivity contribution in [3.63, 3.8) is 0 Å². The summed E-state index contributed by atoms with van der Waals surface area (Å²) in [6.07, 6.45) is 6.58. The van der Waals surface area contributed by atoms with Gasteiger partial charge in [0.25, 0.3) is 5.91 Å². The van der Waals surface area contributed by atoms with Crippen molar-refractivity contribution in [3.05, 3.63) is 53.0 Å². The Morgan fingerprint density at radius 3 is 3.00 bits per heavy atom. The lowest BCUT2D eigenvalue weighted by atomic mass is 9.95. The monoisotopic (exact) mass is 338 g/mol. The highest BCUT2D eigenvalue weighted by atomic mass is 16.3. The third kappa shape index (κ3) is 3.05. The highest BCUT2D eigenvalue weighted by Gasteiger charge is 2.23. The maximum absolute atomic E-state index is 12.6. The maximum atomic E-state index is 12.6. The summed E-state index contributed by atoms with van der Waals surface area (Å²) in [4.78, 5) is 15.9. The summed E-state index contributed by atoms with van der Waals surface area (Å²) in [5.74, 6) is -0.210. The molecule has 130 valence electrons. The zero-order valence-corrected chi connectivity index (χ0v) is 14.0. The minimum Gasteiger partial charge on any atom is -0.394 e. The van der Waals surface area contributed by atoms with Crippen LogP contribution in [0.4, 0.5) is 0 Å². The van der Waals surface area contributed by atoms with Gasteiger partial charge in [-0.05, 0) is 43.7 Å². The number of para-hydroxylation sites is 1. The Morgan fingerprint density at radius 1 is 1.28 bits per heavy atom. The molecule has 0 saturated heterocycles. The largest absolute Gasteiger partial charge is 0.394 e. The second-order valence-corrected chi connectivity index (χ2v) is 6.65. The molecule has 3 aromatic rings. The number of hydrogen-bond donors (Lipinski definition) is 4. The average Bonchev–Trinajstić information content (AvgIpc) is 3.25. The lowest BCUT2D eigenvalue weighted by Crippen LogP contribution is -2.39. The van der Waals surface area contributed by atoms with Crippen LogP contribution in [0.5, 0.6) is 0 Å². The molecule has 25 heavy (non-hydrogen) atoms. The van der Waals surface area contributed by atoms with E-state index < -0.39 is 0 Å². The van der Waals surface area contributed by atoms with E-state index in [9.17, 15) is 9.90 Å². The lowest BCUT2D eigenvalue weighted by molar-refractivity contribution is 0.0910. The van der Waals surface area contributed by atoms with E-state index in [1.54, 1.807) is 0 Å². The van der Waals surface area contributed by atoms with Crippen molar-refractivity contribution in [1.29, 1.82) is 0 Å². The van der Waals surface area contributed by atoms with Crippen molar-refractivity contribution in [3.8, 4) is 0 Å². The molecule has 0 bridgehead atoms. The summed E-state index contributed by atoms with van der Waals surface area (Å²) in [5, 5.41) is 21.0. The molecular weight excluding hydrogens is 316 g/mol. The van der Waals surface area contributed by atoms with Crippen LogP contribution in [0.1, 0.15) is 40.2 Å². The van der Waals surface area contributed by atoms with Crippen molar-refractivity contribution in [2.45, 2.75) is 38.1 Å². The van der Waals surface area contributed by atoms with E-state index in [-0.39, 0.29) is 18.6 Å². The normalized spacial score (nSPS) is 15.1. The summed E-state index contributed by atoms with van der Waals surface area (Å²) in [6.45, 7) is -0.113. The predicted molar refractivity (Wildman–Crippen MR) is 95.6 cm³/mol. The first kappa shape index (κ1) is 15.9. The number of aromatic nitrogens is 3. The summed E-state index contributed by atoms with van der Waals surface area (Å²) >= 11 is 0. The van der Waals surface area contributed by atoms with Gasteiger partial charge >= 0.3 is 0 Å². The number of benzene rings is 1. The first-order valence-corrected chi connectivity index (χ1v) is 8.79. The van der Waals surface area contributed by atoms with Crippen LogP contribution in [0.3, 0.4) is 0 Å². The van der Waals surface area contributed by atoms with Crippen LogP contribution in [0.2, 0.25) is 0 Å². The van der Waals surface area contributed by atoms with Gasteiger partial charge in [-0.1, -0.05) is 18.2 Å². The molecule has 2 aromatic heterocycles. The van der Waals surface area contributed by atoms with Crippen LogP contribution in [-0.4, -0.2) is 38.8 Å². The molecule has 1 amide bonds. The Hall–Kier alpha value is -2.60. The van der Waals surface area contributed by atoms with Crippen LogP contribution < -0.4 is 5.32 Å². The summed E-state index contributed by atoms with van der Waals surface area (Å²) in [5.41, 5.74) is 4.73. The number of hydrogen-bond acceptors (Lipinski definition) is 3. The van der Waals surface area contributed by atoms with E-state index in [2.05, 4.69) is 20.5 Å². The second kappa shape index (κ2) is 6.72. The molecule has 1 aliphatic rings. The SMILES string of the molecule is O=C(N[C@H](CO)Cc1c[nH]c2ccccc12)c1n[nH]c2c1CCCC2. The standard InChI is InChI=1S/C19H22N4O2/c24-11-13(9-12-10-20-16-7-3-1-5-14(12)16)21-19(25)18-15-6-2-4-8-17(15)22-23-18/h1,3,5,7,10,13,20,24H,2,4,6,8-9,11H2,(H,21,25)(H,22,23)/t13-/m0/s1. The minimum atomic E-state index is -0.345. The first-order valence-electron chi connectivity index (χ1n) is 8.79. The van der Waals surface area contributed by atoms with E-state index in [4.69, 9.17) is 0 Å². The van der Waals surface area contributed by atoms with Gasteiger partial charge in [0.15, 0.2) is 5.69 Å². The van der Waals surface area contributed by atoms with Gasteiger partial charge in [-0.2, -0.15) is 5.10 Å². The molecule has 4 N–H and O–H groups in total.